The van der Waals surface area contributed by atoms with E-state index < -0.39 is 11.5 Å². The number of carboxylic acids is 1. The van der Waals surface area contributed by atoms with Gasteiger partial charge in [0, 0.05) is 19.4 Å². The molecule has 120 valence electrons. The first-order chi connectivity index (χ1) is 10.5. The smallest absolute Gasteiger partial charge is 0.331 e. The van der Waals surface area contributed by atoms with Crippen molar-refractivity contribution >= 4 is 11.9 Å². The summed E-state index contributed by atoms with van der Waals surface area (Å²) in [6.07, 6.45) is 0.504. The molecule has 1 aromatic carbocycles. The first kappa shape index (κ1) is 16.3. The van der Waals surface area contributed by atoms with Gasteiger partial charge in [-0.2, -0.15) is 0 Å². The molecule has 1 aromatic rings. The number of hydrogen-bond donors (Lipinski definition) is 2. The summed E-state index contributed by atoms with van der Waals surface area (Å²) in [7, 11) is 1.59. The highest BCUT2D eigenvalue weighted by atomic mass is 16.5. The molecule has 0 spiro atoms. The van der Waals surface area contributed by atoms with E-state index in [0.717, 1.165) is 11.3 Å². The quantitative estimate of drug-likeness (QED) is 0.833. The Morgan fingerprint density at radius 3 is 2.86 bits per heavy atom. The van der Waals surface area contributed by atoms with Gasteiger partial charge in [-0.15, -0.1) is 0 Å². The molecule has 6 nitrogen and oxygen atoms in total. The molecular formula is C16H21NO5. The second kappa shape index (κ2) is 6.79. The minimum Gasteiger partial charge on any atom is -0.497 e. The first-order valence-corrected chi connectivity index (χ1v) is 7.23. The van der Waals surface area contributed by atoms with E-state index >= 15 is 0 Å². The molecular weight excluding hydrogens is 286 g/mol. The van der Waals surface area contributed by atoms with Crippen molar-refractivity contribution in [3.8, 4) is 5.75 Å². The van der Waals surface area contributed by atoms with Gasteiger partial charge < -0.3 is 19.9 Å². The number of rotatable bonds is 6. The standard InChI is InChI=1S/C16H21NO5/c1-11(12-4-3-5-13(9-12)21-2)8-14(18)17-16(15(19)20)6-7-22-10-16/h3-5,9,11H,6-8,10H2,1-2H3,(H,17,18)(H,19,20). The van der Waals surface area contributed by atoms with E-state index in [2.05, 4.69) is 5.32 Å². The first-order valence-electron chi connectivity index (χ1n) is 7.23. The highest BCUT2D eigenvalue weighted by Crippen LogP contribution is 2.24. The number of carboxylic acid groups (broad SMARTS) is 1. The minimum absolute atomic E-state index is 0.0155. The molecule has 22 heavy (non-hydrogen) atoms. The lowest BCUT2D eigenvalue weighted by Gasteiger charge is -2.24. The molecule has 1 amide bonds. The van der Waals surface area contributed by atoms with Crippen LogP contribution in [0.5, 0.6) is 5.75 Å². The molecule has 0 radical (unpaired) electrons. The Bertz CT molecular complexity index is 551. The summed E-state index contributed by atoms with van der Waals surface area (Å²) in [4.78, 5) is 23.6. The van der Waals surface area contributed by atoms with Crippen molar-refractivity contribution in [2.24, 2.45) is 0 Å². The van der Waals surface area contributed by atoms with Crippen molar-refractivity contribution in [3.05, 3.63) is 29.8 Å². The molecule has 0 aliphatic carbocycles. The summed E-state index contributed by atoms with van der Waals surface area (Å²) in [6.45, 7) is 2.28. The number of amides is 1. The number of aliphatic carboxylic acids is 1. The van der Waals surface area contributed by atoms with Crippen molar-refractivity contribution in [1.82, 2.24) is 5.32 Å². The highest BCUT2D eigenvalue weighted by molar-refractivity contribution is 5.87. The molecule has 2 unspecified atom stereocenters. The van der Waals surface area contributed by atoms with Gasteiger partial charge in [0.15, 0.2) is 5.54 Å². The predicted octanol–water partition coefficient (Wildman–Crippen LogP) is 1.55. The molecule has 1 saturated heterocycles. The van der Waals surface area contributed by atoms with Crippen molar-refractivity contribution in [1.29, 1.82) is 0 Å². The van der Waals surface area contributed by atoms with E-state index in [1.165, 1.54) is 0 Å². The largest absolute Gasteiger partial charge is 0.497 e. The van der Waals surface area contributed by atoms with Gasteiger partial charge in [0.2, 0.25) is 5.91 Å². The Kier molecular flexibility index (Phi) is 5.03. The summed E-state index contributed by atoms with van der Waals surface area (Å²) in [6, 6.07) is 7.51. The van der Waals surface area contributed by atoms with Gasteiger partial charge in [-0.25, -0.2) is 4.79 Å². The molecule has 0 bridgehead atoms. The average Bonchev–Trinajstić information content (AvgIpc) is 2.97. The molecule has 1 aliphatic rings. The Labute approximate surface area is 129 Å². The van der Waals surface area contributed by atoms with Crippen LogP contribution in [0.1, 0.15) is 31.2 Å². The zero-order valence-corrected chi connectivity index (χ0v) is 12.8. The van der Waals surface area contributed by atoms with Crippen LogP contribution in [0.25, 0.3) is 0 Å². The zero-order valence-electron chi connectivity index (χ0n) is 12.8. The van der Waals surface area contributed by atoms with Crippen molar-refractivity contribution in [2.45, 2.75) is 31.2 Å². The Morgan fingerprint density at radius 2 is 2.27 bits per heavy atom. The average molecular weight is 307 g/mol. The van der Waals surface area contributed by atoms with Crippen LogP contribution in [-0.2, 0) is 14.3 Å². The molecule has 1 aliphatic heterocycles. The van der Waals surface area contributed by atoms with Crippen LogP contribution in [-0.4, -0.2) is 42.8 Å². The van der Waals surface area contributed by atoms with Gasteiger partial charge in [-0.1, -0.05) is 19.1 Å². The maximum absolute atomic E-state index is 12.2. The molecule has 0 aromatic heterocycles. The lowest BCUT2D eigenvalue weighted by molar-refractivity contribution is -0.147. The number of ether oxygens (including phenoxy) is 2. The van der Waals surface area contributed by atoms with Gasteiger partial charge in [0.1, 0.15) is 5.75 Å². The topological polar surface area (TPSA) is 84.9 Å². The van der Waals surface area contributed by atoms with Crippen LogP contribution >= 0.6 is 0 Å². The third-order valence-electron chi connectivity index (χ3n) is 3.96. The predicted molar refractivity (Wildman–Crippen MR) is 80.0 cm³/mol. The van der Waals surface area contributed by atoms with Crippen LogP contribution < -0.4 is 10.1 Å². The number of carbonyl (C=O) groups is 2. The van der Waals surface area contributed by atoms with Crippen LogP contribution in [0.4, 0.5) is 0 Å². The van der Waals surface area contributed by atoms with Crippen LogP contribution in [0, 0.1) is 0 Å². The van der Waals surface area contributed by atoms with E-state index in [-0.39, 0.29) is 24.9 Å². The van der Waals surface area contributed by atoms with Crippen molar-refractivity contribution < 1.29 is 24.2 Å². The maximum atomic E-state index is 12.2. The molecule has 2 atom stereocenters. The zero-order chi connectivity index (χ0) is 16.2. The van der Waals surface area contributed by atoms with Gasteiger partial charge in [-0.05, 0) is 23.6 Å². The third kappa shape index (κ3) is 3.57. The summed E-state index contributed by atoms with van der Waals surface area (Å²) in [5.41, 5.74) is -0.313. The Balaban J connectivity index is 2.00. The van der Waals surface area contributed by atoms with Crippen LogP contribution in [0.3, 0.4) is 0 Å². The number of methoxy groups -OCH3 is 1. The number of hydrogen-bond acceptors (Lipinski definition) is 4. The lowest BCUT2D eigenvalue weighted by atomic mass is 9.95. The van der Waals surface area contributed by atoms with E-state index in [1.54, 1.807) is 7.11 Å². The van der Waals surface area contributed by atoms with Gasteiger partial charge in [0.05, 0.1) is 13.7 Å². The molecule has 1 heterocycles. The normalized spacial score (nSPS) is 22.1. The Hall–Kier alpha value is -2.08. The minimum atomic E-state index is -1.29. The fourth-order valence-corrected chi connectivity index (χ4v) is 2.55. The van der Waals surface area contributed by atoms with E-state index in [4.69, 9.17) is 9.47 Å². The van der Waals surface area contributed by atoms with Crippen molar-refractivity contribution in [2.75, 3.05) is 20.3 Å². The number of benzene rings is 1. The van der Waals surface area contributed by atoms with E-state index in [1.807, 2.05) is 31.2 Å². The summed E-state index contributed by atoms with van der Waals surface area (Å²) in [5.74, 6) is -0.644. The second-order valence-electron chi connectivity index (χ2n) is 5.62. The molecule has 2 N–H and O–H groups in total. The number of carbonyl (C=O) groups excluding carboxylic acids is 1. The summed E-state index contributed by atoms with van der Waals surface area (Å²) >= 11 is 0. The lowest BCUT2D eigenvalue weighted by Crippen LogP contribution is -2.55. The third-order valence-corrected chi connectivity index (χ3v) is 3.96. The van der Waals surface area contributed by atoms with Gasteiger partial charge >= 0.3 is 5.97 Å². The summed E-state index contributed by atoms with van der Waals surface area (Å²) in [5, 5.41) is 11.9. The maximum Gasteiger partial charge on any atom is 0.331 e. The number of nitrogens with one attached hydrogen (secondary N) is 1. The molecule has 6 heteroatoms. The summed E-state index contributed by atoms with van der Waals surface area (Å²) < 4.78 is 10.3. The molecule has 0 saturated carbocycles. The molecule has 1 fully saturated rings. The second-order valence-corrected chi connectivity index (χ2v) is 5.62. The van der Waals surface area contributed by atoms with Crippen molar-refractivity contribution in [3.63, 3.8) is 0 Å². The van der Waals surface area contributed by atoms with Gasteiger partial charge in [0.25, 0.3) is 0 Å². The fourth-order valence-electron chi connectivity index (χ4n) is 2.55. The monoisotopic (exact) mass is 307 g/mol. The van der Waals surface area contributed by atoms with E-state index in [9.17, 15) is 14.7 Å². The molecule has 2 rings (SSSR count). The van der Waals surface area contributed by atoms with E-state index in [0.29, 0.717) is 13.0 Å². The van der Waals surface area contributed by atoms with Crippen LogP contribution in [0.2, 0.25) is 0 Å². The Morgan fingerprint density at radius 1 is 1.50 bits per heavy atom. The highest BCUT2D eigenvalue weighted by Gasteiger charge is 2.43. The SMILES string of the molecule is COc1cccc(C(C)CC(=O)NC2(C(=O)O)CCOC2)c1. The fraction of sp³-hybridized carbons (Fsp3) is 0.500. The van der Waals surface area contributed by atoms with Gasteiger partial charge in [-0.3, -0.25) is 4.79 Å². The van der Waals surface area contributed by atoms with Crippen LogP contribution in [0.15, 0.2) is 24.3 Å².